The van der Waals surface area contributed by atoms with Crippen LogP contribution in [0.1, 0.15) is 0 Å². The number of hydrogen-bond donors (Lipinski definition) is 0. The van der Waals surface area contributed by atoms with Gasteiger partial charge >= 0.3 is 25.9 Å². The van der Waals surface area contributed by atoms with E-state index in [1.807, 2.05) is 0 Å². The molecule has 4 heavy (non-hydrogen) atoms. The van der Waals surface area contributed by atoms with Gasteiger partial charge in [0.05, 0.1) is 0 Å². The molecule has 0 saturated heterocycles. The van der Waals surface area contributed by atoms with E-state index in [1.165, 1.54) is 0 Å². The summed E-state index contributed by atoms with van der Waals surface area (Å²) in [4.78, 5) is 0. The molecule has 0 unspecified atom stereocenters. The van der Waals surface area contributed by atoms with Crippen molar-refractivity contribution in [3.63, 3.8) is 0 Å². The number of rotatable bonds is 0. The molecule has 0 N–H and O–H groups in total. The van der Waals surface area contributed by atoms with Crippen LogP contribution >= 0.6 is 0 Å². The third-order valence-electron chi connectivity index (χ3n) is 0. The Morgan fingerprint density at radius 1 is 1.50 bits per heavy atom. The maximum atomic E-state index is 10.0. The Bertz CT molecular complexity index is 54.4. The summed E-state index contributed by atoms with van der Waals surface area (Å²) in [7, 11) is 0. The molecule has 0 aromatic carbocycles. The minimum atomic E-state index is -4.19. The fourth-order valence-electron chi connectivity index (χ4n) is 0. The summed E-state index contributed by atoms with van der Waals surface area (Å²) in [5.41, 5.74) is 0. The van der Waals surface area contributed by atoms with Gasteiger partial charge in [0.15, 0.2) is 0 Å². The maximum absolute atomic E-state index is 10.0. The summed E-state index contributed by atoms with van der Waals surface area (Å²) < 4.78 is 26.9. The first-order valence-corrected chi connectivity index (χ1v) is 2.78. The Balaban J connectivity index is 3.51. The van der Waals surface area contributed by atoms with Gasteiger partial charge in [0.1, 0.15) is 0 Å². The van der Waals surface area contributed by atoms with E-state index in [0.717, 1.165) is 0 Å². The molecule has 0 bridgehead atoms. The van der Waals surface area contributed by atoms with Gasteiger partial charge in [-0.15, -0.1) is 0 Å². The van der Waals surface area contributed by atoms with Gasteiger partial charge in [-0.05, 0) is 0 Å². The van der Waals surface area contributed by atoms with Crippen LogP contribution in [0.25, 0.3) is 0 Å². The molecule has 0 amide bonds. The Morgan fingerprint density at radius 2 is 1.50 bits per heavy atom. The van der Waals surface area contributed by atoms with Crippen molar-refractivity contribution >= 4 is 15.0 Å². The van der Waals surface area contributed by atoms with Crippen LogP contribution in [0.2, 0.25) is 0 Å². The fourth-order valence-corrected chi connectivity index (χ4v) is 0. The van der Waals surface area contributed by atoms with E-state index in [0.29, 0.717) is 0 Å². The molecule has 0 rings (SSSR count). The first-order chi connectivity index (χ1) is 1.73. The van der Waals surface area contributed by atoms with Crippen molar-refractivity contribution < 1.29 is 10.9 Å². The monoisotopic (exact) mass is 126 g/mol. The molecule has 0 heterocycles. The molecule has 0 atom stereocenters. The second kappa shape index (κ2) is 1.41. The van der Waals surface area contributed by atoms with E-state index < -0.39 is 15.0 Å². The van der Waals surface area contributed by atoms with Crippen molar-refractivity contribution in [2.75, 3.05) is 0 Å². The summed E-state index contributed by atoms with van der Waals surface area (Å²) in [5.74, 6) is 0. The van der Waals surface area contributed by atoms with Gasteiger partial charge in [0.2, 0.25) is 0 Å². The van der Waals surface area contributed by atoms with E-state index in [9.17, 15) is 3.47 Å². The van der Waals surface area contributed by atoms with Crippen molar-refractivity contribution in [2.45, 2.75) is 0 Å². The summed E-state index contributed by atoms with van der Waals surface area (Å²) in [6.45, 7) is 0. The van der Waals surface area contributed by atoms with Crippen LogP contribution in [0.5, 0.6) is 0 Å². The third-order valence-corrected chi connectivity index (χ3v) is 0. The molecule has 0 saturated carbocycles. The van der Waals surface area contributed by atoms with Crippen LogP contribution in [-0.2, 0) is 7.48 Å². The van der Waals surface area contributed by atoms with Gasteiger partial charge in [0, 0.05) is 0 Å². The van der Waals surface area contributed by atoms with Gasteiger partial charge in [-0.2, -0.15) is 0 Å². The Kier molecular flexibility index (Phi) is 1.44. The zero-order valence-corrected chi connectivity index (χ0v) is 3.52. The van der Waals surface area contributed by atoms with Crippen molar-refractivity contribution in [3.05, 3.63) is 0 Å². The molecular weight excluding hydrogens is 126 g/mol. The molecule has 0 aromatic heterocycles. The van der Waals surface area contributed by atoms with Crippen LogP contribution in [0.3, 0.4) is 0 Å². The molecule has 0 aliphatic rings. The van der Waals surface area contributed by atoms with E-state index in [2.05, 4.69) is 0 Å². The molecule has 0 radical (unpaired) electrons. The number of halogens is 1. The van der Waals surface area contributed by atoms with Crippen LogP contribution in [0.15, 0.2) is 0 Å². The van der Waals surface area contributed by atoms with Crippen LogP contribution in [0, 0.1) is 0 Å². The van der Waals surface area contributed by atoms with Gasteiger partial charge in [-0.1, -0.05) is 0 Å². The summed E-state index contributed by atoms with van der Waals surface area (Å²) in [5, 5.41) is 0. The predicted octanol–water partition coefficient (Wildman–Crippen LogP) is -0.198. The van der Waals surface area contributed by atoms with Crippen molar-refractivity contribution in [1.29, 1.82) is 0 Å². The van der Waals surface area contributed by atoms with Gasteiger partial charge in [0.25, 0.3) is 0 Å². The zero-order valence-electron chi connectivity index (χ0n) is 1.64. The van der Waals surface area contributed by atoms with Gasteiger partial charge < -0.3 is 0 Å². The molecule has 0 spiro atoms. The van der Waals surface area contributed by atoms with Crippen LogP contribution in [0.4, 0.5) is 3.47 Å². The SMILES string of the molecule is O=[As](=O)F. The summed E-state index contributed by atoms with van der Waals surface area (Å²) in [6.07, 6.45) is 0. The van der Waals surface area contributed by atoms with Crippen LogP contribution in [-0.4, -0.2) is 15.0 Å². The topological polar surface area (TPSA) is 34.1 Å². The zero-order chi connectivity index (χ0) is 3.58. The average Bonchev–Trinajstić information content (AvgIpc) is 0.811. The summed E-state index contributed by atoms with van der Waals surface area (Å²) >= 11 is -4.19. The Hall–Kier alpha value is 0.0884. The minimum absolute atomic E-state index is 4.19. The molecule has 2 nitrogen and oxygen atoms in total. The second-order valence-electron chi connectivity index (χ2n) is 0.213. The first kappa shape index (κ1) is 4.09. The average molecular weight is 126 g/mol. The Labute approximate surface area is 26.8 Å². The van der Waals surface area contributed by atoms with E-state index in [4.69, 9.17) is 7.48 Å². The second-order valence-corrected chi connectivity index (χ2v) is 1.10. The first-order valence-electron chi connectivity index (χ1n) is 0.534. The van der Waals surface area contributed by atoms with Crippen LogP contribution < -0.4 is 0 Å². The standard InChI is InChI=1S/AsFO2/c2-1(3)4. The molecule has 0 fully saturated rings. The molecule has 4 heteroatoms. The molecule has 0 aromatic rings. The Morgan fingerprint density at radius 3 is 1.50 bits per heavy atom. The summed E-state index contributed by atoms with van der Waals surface area (Å²) in [6, 6.07) is 0. The third kappa shape index (κ3) is 316. The molecule has 0 aliphatic carbocycles. The molecular formula is AsFO2. The van der Waals surface area contributed by atoms with E-state index in [1.54, 1.807) is 0 Å². The molecule has 0 aliphatic heterocycles. The van der Waals surface area contributed by atoms with Gasteiger partial charge in [-0.25, -0.2) is 0 Å². The normalized spacial score (nSPS) is 6.25. The molecule has 24 valence electrons. The van der Waals surface area contributed by atoms with Crippen molar-refractivity contribution in [2.24, 2.45) is 0 Å². The predicted molar refractivity (Wildman–Crippen MR) is 8.23 cm³/mol. The van der Waals surface area contributed by atoms with Crippen molar-refractivity contribution in [1.82, 2.24) is 0 Å². The van der Waals surface area contributed by atoms with E-state index in [-0.39, 0.29) is 0 Å². The fraction of sp³-hybridized carbons (Fsp3) is 0. The number of hydrogen-bond acceptors (Lipinski definition) is 2. The quantitative estimate of drug-likeness (QED) is 0.421. The van der Waals surface area contributed by atoms with Gasteiger partial charge in [-0.3, -0.25) is 0 Å². The van der Waals surface area contributed by atoms with Crippen molar-refractivity contribution in [3.8, 4) is 0 Å². The van der Waals surface area contributed by atoms with E-state index >= 15 is 0 Å².